The minimum atomic E-state index is 0.396. The highest BCUT2D eigenvalue weighted by atomic mass is 35.5. The van der Waals surface area contributed by atoms with E-state index in [0.29, 0.717) is 12.0 Å². The Morgan fingerprint density at radius 3 is 2.50 bits per heavy atom. The van der Waals surface area contributed by atoms with E-state index in [0.717, 1.165) is 5.88 Å². The predicted octanol–water partition coefficient (Wildman–Crippen LogP) is 1.35. The number of hydrogen-bond acceptors (Lipinski definition) is 1. The number of nitrogens with two attached hydrogens (primary N) is 1. The van der Waals surface area contributed by atoms with Crippen molar-refractivity contribution in [2.24, 2.45) is 11.7 Å². The van der Waals surface area contributed by atoms with Crippen LogP contribution in [0.2, 0.25) is 0 Å². The van der Waals surface area contributed by atoms with Gasteiger partial charge in [-0.25, -0.2) is 0 Å². The van der Waals surface area contributed by atoms with Crippen LogP contribution in [0, 0.1) is 5.92 Å². The molecule has 2 unspecified atom stereocenters. The quantitative estimate of drug-likeness (QED) is 0.537. The Hall–Kier alpha value is 0.250. The van der Waals surface area contributed by atoms with Gasteiger partial charge in [0.25, 0.3) is 0 Å². The molecule has 0 radical (unpaired) electrons. The molecule has 0 spiro atoms. The SMILES string of the molecule is NC1CCCC1CCl. The molecule has 1 saturated carbocycles. The van der Waals surface area contributed by atoms with E-state index in [1.165, 1.54) is 19.3 Å². The second kappa shape index (κ2) is 2.70. The minimum Gasteiger partial charge on any atom is -0.327 e. The smallest absolute Gasteiger partial charge is 0.0266 e. The molecular formula is C6H12ClN. The summed E-state index contributed by atoms with van der Waals surface area (Å²) in [5.41, 5.74) is 5.71. The van der Waals surface area contributed by atoms with Crippen molar-refractivity contribution in [3.8, 4) is 0 Å². The van der Waals surface area contributed by atoms with Gasteiger partial charge in [-0.2, -0.15) is 0 Å². The van der Waals surface area contributed by atoms with Gasteiger partial charge in [0.15, 0.2) is 0 Å². The van der Waals surface area contributed by atoms with Crippen molar-refractivity contribution < 1.29 is 0 Å². The average Bonchev–Trinajstić information content (AvgIpc) is 2.14. The fourth-order valence-corrected chi connectivity index (χ4v) is 1.64. The van der Waals surface area contributed by atoms with Crippen LogP contribution in [0.4, 0.5) is 0 Å². The Bertz CT molecular complexity index is 74.9. The number of rotatable bonds is 1. The van der Waals surface area contributed by atoms with E-state index in [1.54, 1.807) is 0 Å². The van der Waals surface area contributed by atoms with Crippen LogP contribution in [0.15, 0.2) is 0 Å². The van der Waals surface area contributed by atoms with Crippen molar-refractivity contribution >= 4 is 11.6 Å². The van der Waals surface area contributed by atoms with E-state index in [9.17, 15) is 0 Å². The molecule has 1 nitrogen and oxygen atoms in total. The molecule has 1 aliphatic rings. The summed E-state index contributed by atoms with van der Waals surface area (Å²) in [7, 11) is 0. The summed E-state index contributed by atoms with van der Waals surface area (Å²) in [5.74, 6) is 1.36. The molecule has 1 rings (SSSR count). The highest BCUT2D eigenvalue weighted by molar-refractivity contribution is 6.18. The van der Waals surface area contributed by atoms with Crippen molar-refractivity contribution in [2.75, 3.05) is 5.88 Å². The first kappa shape index (κ1) is 6.37. The van der Waals surface area contributed by atoms with Gasteiger partial charge in [0.1, 0.15) is 0 Å². The van der Waals surface area contributed by atoms with Crippen LogP contribution in [0.3, 0.4) is 0 Å². The van der Waals surface area contributed by atoms with Crippen molar-refractivity contribution in [2.45, 2.75) is 25.3 Å². The van der Waals surface area contributed by atoms with E-state index in [1.807, 2.05) is 0 Å². The van der Waals surface area contributed by atoms with E-state index in [2.05, 4.69) is 0 Å². The molecule has 0 bridgehead atoms. The third-order valence-electron chi connectivity index (χ3n) is 1.92. The summed E-state index contributed by atoms with van der Waals surface area (Å²) in [4.78, 5) is 0. The molecule has 0 aliphatic heterocycles. The first-order chi connectivity index (χ1) is 3.84. The normalized spacial score (nSPS) is 38.2. The van der Waals surface area contributed by atoms with Crippen LogP contribution in [0.1, 0.15) is 19.3 Å². The van der Waals surface area contributed by atoms with Crippen LogP contribution < -0.4 is 5.73 Å². The van der Waals surface area contributed by atoms with Crippen LogP contribution in [0.5, 0.6) is 0 Å². The molecule has 2 atom stereocenters. The molecule has 2 heteroatoms. The van der Waals surface area contributed by atoms with Gasteiger partial charge in [0.05, 0.1) is 0 Å². The number of alkyl halides is 1. The molecule has 2 N–H and O–H groups in total. The maximum Gasteiger partial charge on any atom is 0.0266 e. The molecule has 0 heterocycles. The standard InChI is InChI=1S/C6H12ClN/c7-4-5-2-1-3-6(5)8/h5-6H,1-4,8H2. The van der Waals surface area contributed by atoms with Gasteiger partial charge >= 0.3 is 0 Å². The lowest BCUT2D eigenvalue weighted by molar-refractivity contribution is 0.533. The van der Waals surface area contributed by atoms with Crippen LogP contribution >= 0.6 is 11.6 Å². The lowest BCUT2D eigenvalue weighted by Crippen LogP contribution is -2.25. The van der Waals surface area contributed by atoms with Gasteiger partial charge in [0, 0.05) is 11.9 Å². The summed E-state index contributed by atoms with van der Waals surface area (Å²) in [6, 6.07) is 0.396. The Morgan fingerprint density at radius 2 is 2.25 bits per heavy atom. The zero-order chi connectivity index (χ0) is 5.98. The van der Waals surface area contributed by atoms with Gasteiger partial charge in [-0.1, -0.05) is 6.42 Å². The van der Waals surface area contributed by atoms with Gasteiger partial charge in [-0.15, -0.1) is 11.6 Å². The van der Waals surface area contributed by atoms with Crippen LogP contribution in [-0.4, -0.2) is 11.9 Å². The van der Waals surface area contributed by atoms with Gasteiger partial charge < -0.3 is 5.73 Å². The second-order valence-corrected chi connectivity index (χ2v) is 2.82. The van der Waals surface area contributed by atoms with Crippen LogP contribution in [0.25, 0.3) is 0 Å². The topological polar surface area (TPSA) is 26.0 Å². The first-order valence-corrected chi connectivity index (χ1v) is 3.69. The molecule has 1 fully saturated rings. The van der Waals surface area contributed by atoms with Crippen molar-refractivity contribution in [3.63, 3.8) is 0 Å². The molecule has 0 aromatic heterocycles. The molecule has 0 aromatic carbocycles. The third-order valence-corrected chi connectivity index (χ3v) is 2.31. The Balaban J connectivity index is 2.30. The fraction of sp³-hybridized carbons (Fsp3) is 1.00. The summed E-state index contributed by atoms with van der Waals surface area (Å²) in [6.07, 6.45) is 3.70. The number of hydrogen-bond donors (Lipinski definition) is 1. The van der Waals surface area contributed by atoms with Crippen molar-refractivity contribution in [1.82, 2.24) is 0 Å². The fourth-order valence-electron chi connectivity index (χ4n) is 1.26. The van der Waals surface area contributed by atoms with E-state index >= 15 is 0 Å². The highest BCUT2D eigenvalue weighted by Gasteiger charge is 2.22. The van der Waals surface area contributed by atoms with Crippen molar-refractivity contribution in [1.29, 1.82) is 0 Å². The van der Waals surface area contributed by atoms with E-state index in [-0.39, 0.29) is 0 Å². The Morgan fingerprint density at radius 1 is 1.50 bits per heavy atom. The van der Waals surface area contributed by atoms with Gasteiger partial charge in [0.2, 0.25) is 0 Å². The average molecular weight is 134 g/mol. The van der Waals surface area contributed by atoms with Crippen molar-refractivity contribution in [3.05, 3.63) is 0 Å². The zero-order valence-corrected chi connectivity index (χ0v) is 5.69. The molecule has 1 aliphatic carbocycles. The molecular weight excluding hydrogens is 122 g/mol. The Kier molecular flexibility index (Phi) is 2.15. The highest BCUT2D eigenvalue weighted by Crippen LogP contribution is 2.24. The summed E-state index contributed by atoms with van der Waals surface area (Å²) >= 11 is 5.62. The number of halogens is 1. The molecule has 0 amide bonds. The summed E-state index contributed by atoms with van der Waals surface area (Å²) in [6.45, 7) is 0. The van der Waals surface area contributed by atoms with Gasteiger partial charge in [-0.05, 0) is 18.8 Å². The largest absolute Gasteiger partial charge is 0.327 e. The van der Waals surface area contributed by atoms with Crippen LogP contribution in [-0.2, 0) is 0 Å². The Labute approximate surface area is 55.2 Å². The first-order valence-electron chi connectivity index (χ1n) is 3.16. The third kappa shape index (κ3) is 1.15. The lowest BCUT2D eigenvalue weighted by atomic mass is 10.1. The summed E-state index contributed by atoms with van der Waals surface area (Å²) in [5, 5.41) is 0. The molecule has 0 saturated heterocycles. The van der Waals surface area contributed by atoms with E-state index in [4.69, 9.17) is 17.3 Å². The monoisotopic (exact) mass is 133 g/mol. The predicted molar refractivity (Wildman–Crippen MR) is 36.0 cm³/mol. The maximum atomic E-state index is 5.71. The minimum absolute atomic E-state index is 0.396. The molecule has 8 heavy (non-hydrogen) atoms. The van der Waals surface area contributed by atoms with Gasteiger partial charge in [-0.3, -0.25) is 0 Å². The summed E-state index contributed by atoms with van der Waals surface area (Å²) < 4.78 is 0. The lowest BCUT2D eigenvalue weighted by Gasteiger charge is -2.09. The zero-order valence-electron chi connectivity index (χ0n) is 4.94. The molecule has 48 valence electrons. The molecule has 0 aromatic rings. The van der Waals surface area contributed by atoms with E-state index < -0.39 is 0 Å². The second-order valence-electron chi connectivity index (χ2n) is 2.51. The maximum absolute atomic E-state index is 5.71.